The summed E-state index contributed by atoms with van der Waals surface area (Å²) in [5.41, 5.74) is 2.19. The van der Waals surface area contributed by atoms with Crippen LogP contribution in [0.15, 0.2) is 57.1 Å². The van der Waals surface area contributed by atoms with Gasteiger partial charge in [-0.3, -0.25) is 0 Å². The molecule has 0 aliphatic heterocycles. The Morgan fingerprint density at radius 3 is 2.68 bits per heavy atom. The fraction of sp³-hybridized carbons (Fsp3) is 0.111. The number of thiazole rings is 1. The number of halogens is 2. The van der Waals surface area contributed by atoms with Crippen LogP contribution in [0.5, 0.6) is 5.19 Å². The first-order valence-corrected chi connectivity index (χ1v) is 9.80. The Morgan fingerprint density at radius 1 is 1.18 bits per heavy atom. The number of aromatic nitrogens is 5. The van der Waals surface area contributed by atoms with Crippen LogP contribution in [-0.2, 0) is 13.7 Å². The lowest BCUT2D eigenvalue weighted by Crippen LogP contribution is -2.23. The van der Waals surface area contributed by atoms with Crippen molar-refractivity contribution in [1.82, 2.24) is 24.8 Å². The fourth-order valence-corrected chi connectivity index (χ4v) is 3.50. The SMILES string of the molecule is Cn1nnn(-c2ccc(F)cc2COc2nc(-c3ccc(Br)cc3)cs2)c1=O. The maximum atomic E-state index is 13.8. The number of aryl methyl sites for hydroxylation is 1. The van der Waals surface area contributed by atoms with Crippen molar-refractivity contribution >= 4 is 27.3 Å². The number of benzene rings is 2. The first kappa shape index (κ1) is 18.5. The van der Waals surface area contributed by atoms with E-state index in [0.717, 1.165) is 25.1 Å². The second-order valence-electron chi connectivity index (χ2n) is 5.86. The monoisotopic (exact) mass is 461 g/mol. The highest BCUT2D eigenvalue weighted by atomic mass is 79.9. The van der Waals surface area contributed by atoms with E-state index in [4.69, 9.17) is 4.74 Å². The molecule has 0 bridgehead atoms. The summed E-state index contributed by atoms with van der Waals surface area (Å²) in [5.74, 6) is -0.436. The van der Waals surface area contributed by atoms with Crippen molar-refractivity contribution in [3.8, 4) is 22.1 Å². The average Bonchev–Trinajstić information content (AvgIpc) is 3.29. The van der Waals surface area contributed by atoms with Gasteiger partial charge in [-0.25, -0.2) is 14.2 Å². The van der Waals surface area contributed by atoms with Gasteiger partial charge in [0.15, 0.2) is 0 Å². The maximum absolute atomic E-state index is 13.8. The summed E-state index contributed by atoms with van der Waals surface area (Å²) in [6.45, 7) is 0.0311. The summed E-state index contributed by atoms with van der Waals surface area (Å²) in [6.07, 6.45) is 0. The molecule has 0 N–H and O–H groups in total. The summed E-state index contributed by atoms with van der Waals surface area (Å²) < 4.78 is 22.7. The minimum absolute atomic E-state index is 0.0311. The lowest BCUT2D eigenvalue weighted by atomic mass is 10.2. The molecule has 0 spiro atoms. The quantitative estimate of drug-likeness (QED) is 0.454. The molecule has 0 saturated carbocycles. The van der Waals surface area contributed by atoms with E-state index < -0.39 is 11.5 Å². The number of ether oxygens (including phenoxy) is 1. The van der Waals surface area contributed by atoms with Gasteiger partial charge in [0.2, 0.25) is 0 Å². The summed E-state index contributed by atoms with van der Waals surface area (Å²) in [4.78, 5) is 16.6. The molecule has 10 heteroatoms. The smallest absolute Gasteiger partial charge is 0.368 e. The molecule has 2 heterocycles. The molecule has 0 aliphatic rings. The van der Waals surface area contributed by atoms with E-state index in [0.29, 0.717) is 16.4 Å². The van der Waals surface area contributed by atoms with Crippen LogP contribution in [0.3, 0.4) is 0 Å². The first-order valence-electron chi connectivity index (χ1n) is 8.13. The molecule has 0 radical (unpaired) electrons. The van der Waals surface area contributed by atoms with Crippen molar-refractivity contribution in [3.05, 3.63) is 74.2 Å². The first-order chi connectivity index (χ1) is 13.5. The van der Waals surface area contributed by atoms with Crippen LogP contribution in [0.4, 0.5) is 4.39 Å². The van der Waals surface area contributed by atoms with Crippen LogP contribution in [0.25, 0.3) is 16.9 Å². The molecule has 0 aliphatic carbocycles. The molecule has 0 atom stereocenters. The third kappa shape index (κ3) is 3.73. The molecule has 0 unspecified atom stereocenters. The zero-order valence-electron chi connectivity index (χ0n) is 14.5. The third-order valence-electron chi connectivity index (χ3n) is 3.97. The molecule has 4 aromatic rings. The maximum Gasteiger partial charge on any atom is 0.368 e. The molecule has 7 nitrogen and oxygen atoms in total. The van der Waals surface area contributed by atoms with Crippen LogP contribution in [0.2, 0.25) is 0 Å². The van der Waals surface area contributed by atoms with Gasteiger partial charge in [0.1, 0.15) is 12.4 Å². The summed E-state index contributed by atoms with van der Waals surface area (Å²) in [7, 11) is 1.49. The van der Waals surface area contributed by atoms with Crippen molar-refractivity contribution < 1.29 is 9.13 Å². The summed E-state index contributed by atoms with van der Waals surface area (Å²) in [6, 6.07) is 11.8. The van der Waals surface area contributed by atoms with Gasteiger partial charge in [-0.05, 0) is 40.8 Å². The fourth-order valence-electron chi connectivity index (χ4n) is 2.56. The molecule has 0 saturated heterocycles. The molecular weight excluding hydrogens is 449 g/mol. The zero-order valence-corrected chi connectivity index (χ0v) is 16.9. The van der Waals surface area contributed by atoms with Crippen LogP contribution < -0.4 is 10.4 Å². The Hall–Kier alpha value is -2.85. The van der Waals surface area contributed by atoms with Gasteiger partial charge in [0, 0.05) is 28.0 Å². The molecule has 0 amide bonds. The van der Waals surface area contributed by atoms with E-state index in [-0.39, 0.29) is 6.61 Å². The molecule has 0 fully saturated rings. The number of rotatable bonds is 5. The molecule has 2 aromatic carbocycles. The Kier molecular flexibility index (Phi) is 5.05. The number of tetrazole rings is 1. The molecule has 2 aromatic heterocycles. The van der Waals surface area contributed by atoms with Crippen LogP contribution >= 0.6 is 27.3 Å². The van der Waals surface area contributed by atoms with Gasteiger partial charge in [0.05, 0.1) is 11.4 Å². The normalized spacial score (nSPS) is 11.0. The predicted octanol–water partition coefficient (Wildman–Crippen LogP) is 3.57. The predicted molar refractivity (Wildman–Crippen MR) is 106 cm³/mol. The second kappa shape index (κ2) is 7.64. The number of nitrogens with zero attached hydrogens (tertiary/aromatic N) is 5. The summed E-state index contributed by atoms with van der Waals surface area (Å²) in [5, 5.41) is 9.82. The van der Waals surface area contributed by atoms with Gasteiger partial charge >= 0.3 is 5.69 Å². The molecular formula is C18H13BrFN5O2S. The minimum Gasteiger partial charge on any atom is -0.465 e. The van der Waals surface area contributed by atoms with Crippen molar-refractivity contribution in [1.29, 1.82) is 0 Å². The van der Waals surface area contributed by atoms with E-state index in [1.807, 2.05) is 29.6 Å². The molecule has 4 rings (SSSR count). The highest BCUT2D eigenvalue weighted by Gasteiger charge is 2.14. The van der Waals surface area contributed by atoms with Crippen molar-refractivity contribution in [2.75, 3.05) is 0 Å². The molecule has 142 valence electrons. The van der Waals surface area contributed by atoms with Gasteiger partial charge in [-0.1, -0.05) is 39.4 Å². The van der Waals surface area contributed by atoms with Crippen LogP contribution in [-0.4, -0.2) is 24.8 Å². The minimum atomic E-state index is -0.436. The Morgan fingerprint density at radius 2 is 1.96 bits per heavy atom. The summed E-state index contributed by atoms with van der Waals surface area (Å²) >= 11 is 4.75. The van der Waals surface area contributed by atoms with E-state index in [1.54, 1.807) is 0 Å². The van der Waals surface area contributed by atoms with Gasteiger partial charge in [-0.2, -0.15) is 9.36 Å². The van der Waals surface area contributed by atoms with Gasteiger partial charge in [0.25, 0.3) is 5.19 Å². The van der Waals surface area contributed by atoms with Crippen molar-refractivity contribution in [3.63, 3.8) is 0 Å². The number of hydrogen-bond donors (Lipinski definition) is 0. The molecule has 28 heavy (non-hydrogen) atoms. The highest BCUT2D eigenvalue weighted by molar-refractivity contribution is 9.10. The van der Waals surface area contributed by atoms with E-state index in [2.05, 4.69) is 31.3 Å². The lowest BCUT2D eigenvalue weighted by molar-refractivity contribution is 0.303. The van der Waals surface area contributed by atoms with Crippen LogP contribution in [0.1, 0.15) is 5.56 Å². The topological polar surface area (TPSA) is 74.8 Å². The Balaban J connectivity index is 1.57. The van der Waals surface area contributed by atoms with E-state index in [1.165, 1.54) is 36.6 Å². The van der Waals surface area contributed by atoms with E-state index >= 15 is 0 Å². The van der Waals surface area contributed by atoms with E-state index in [9.17, 15) is 9.18 Å². The average molecular weight is 462 g/mol. The largest absolute Gasteiger partial charge is 0.465 e. The van der Waals surface area contributed by atoms with Crippen LogP contribution in [0, 0.1) is 5.82 Å². The standard InChI is InChI=1S/C18H13BrFN5O2S/c1-24-18(26)25(23-22-24)16-7-6-14(20)8-12(16)9-27-17-21-15(10-28-17)11-2-4-13(19)5-3-11/h2-8,10H,9H2,1H3. The Labute approximate surface area is 171 Å². The highest BCUT2D eigenvalue weighted by Crippen LogP contribution is 2.28. The van der Waals surface area contributed by atoms with Gasteiger partial charge in [-0.15, -0.1) is 0 Å². The Bertz CT molecular complexity index is 1190. The van der Waals surface area contributed by atoms with Gasteiger partial charge < -0.3 is 4.74 Å². The number of hydrogen-bond acceptors (Lipinski definition) is 6. The lowest BCUT2D eigenvalue weighted by Gasteiger charge is -2.08. The van der Waals surface area contributed by atoms with Crippen molar-refractivity contribution in [2.45, 2.75) is 6.61 Å². The third-order valence-corrected chi connectivity index (χ3v) is 5.25. The van der Waals surface area contributed by atoms with Crippen molar-refractivity contribution in [2.24, 2.45) is 7.05 Å². The zero-order chi connectivity index (χ0) is 19.7. The second-order valence-corrected chi connectivity index (χ2v) is 7.60.